The molecule has 150 valence electrons. The fourth-order valence-electron chi connectivity index (χ4n) is 2.70. The molecule has 0 bridgehead atoms. The number of allylic oxidation sites excluding steroid dienone is 1. The molecule has 10 nitrogen and oxygen atoms in total. The summed E-state index contributed by atoms with van der Waals surface area (Å²) in [5, 5.41) is 15.2. The third kappa shape index (κ3) is 4.71. The van der Waals surface area contributed by atoms with Crippen molar-refractivity contribution in [2.24, 2.45) is 5.10 Å². The molecule has 0 saturated carbocycles. The van der Waals surface area contributed by atoms with E-state index in [1.54, 1.807) is 19.9 Å². The summed E-state index contributed by atoms with van der Waals surface area (Å²) < 4.78 is 15.1. The fourth-order valence-corrected chi connectivity index (χ4v) is 2.70. The van der Waals surface area contributed by atoms with Crippen LogP contribution >= 0.6 is 0 Å². The molecule has 0 aromatic heterocycles. The van der Waals surface area contributed by atoms with Crippen molar-refractivity contribution in [2.45, 2.75) is 19.8 Å². The third-order valence-electron chi connectivity index (χ3n) is 3.95. The highest BCUT2D eigenvalue weighted by Crippen LogP contribution is 2.33. The molecule has 10 heteroatoms. The van der Waals surface area contributed by atoms with E-state index in [1.807, 2.05) is 0 Å². The number of hydrazone groups is 1. The number of esters is 2. The maximum Gasteiger partial charge on any atom is 0.355 e. The van der Waals surface area contributed by atoms with Gasteiger partial charge in [-0.3, -0.25) is 15.5 Å². The summed E-state index contributed by atoms with van der Waals surface area (Å²) in [7, 11) is 1.46. The third-order valence-corrected chi connectivity index (χ3v) is 3.95. The highest BCUT2D eigenvalue weighted by atomic mass is 16.6. The average molecular weight is 391 g/mol. The molecule has 1 aromatic carbocycles. The summed E-state index contributed by atoms with van der Waals surface area (Å²) in [6.45, 7) is 3.57. The number of ether oxygens (including phenoxy) is 3. The molecule has 0 radical (unpaired) electrons. The van der Waals surface area contributed by atoms with Crippen LogP contribution in [0.3, 0.4) is 0 Å². The summed E-state index contributed by atoms with van der Waals surface area (Å²) in [5.41, 5.74) is 3.21. The predicted molar refractivity (Wildman–Crippen MR) is 98.6 cm³/mol. The number of nitro benzene ring substituents is 1. The maximum absolute atomic E-state index is 12.6. The van der Waals surface area contributed by atoms with Gasteiger partial charge in [-0.15, -0.1) is 0 Å². The zero-order chi connectivity index (χ0) is 20.7. The molecule has 1 aliphatic heterocycles. The van der Waals surface area contributed by atoms with Crippen molar-refractivity contribution >= 4 is 23.3 Å². The highest BCUT2D eigenvalue weighted by molar-refractivity contribution is 6.40. The van der Waals surface area contributed by atoms with Gasteiger partial charge in [-0.05, 0) is 19.4 Å². The lowest BCUT2D eigenvalue weighted by Gasteiger charge is -2.26. The maximum atomic E-state index is 12.6. The molecule has 1 N–H and O–H groups in total. The van der Waals surface area contributed by atoms with Crippen molar-refractivity contribution in [3.63, 3.8) is 0 Å². The number of nitrogens with one attached hydrogen (secondary N) is 1. The lowest BCUT2D eigenvalue weighted by molar-refractivity contribution is -0.384. The van der Waals surface area contributed by atoms with E-state index >= 15 is 0 Å². The quantitative estimate of drug-likeness (QED) is 0.307. The summed E-state index contributed by atoms with van der Waals surface area (Å²) in [4.78, 5) is 35.7. The second-order valence-electron chi connectivity index (χ2n) is 5.78. The Morgan fingerprint density at radius 2 is 2.00 bits per heavy atom. The van der Waals surface area contributed by atoms with Gasteiger partial charge >= 0.3 is 11.9 Å². The van der Waals surface area contributed by atoms with Gasteiger partial charge in [0.25, 0.3) is 5.69 Å². The van der Waals surface area contributed by atoms with Crippen LogP contribution in [0.1, 0.15) is 25.3 Å². The first-order valence-corrected chi connectivity index (χ1v) is 8.52. The summed E-state index contributed by atoms with van der Waals surface area (Å²) in [5.74, 6) is -2.40. The van der Waals surface area contributed by atoms with E-state index in [-0.39, 0.29) is 36.8 Å². The number of non-ortho nitro benzene ring substituents is 1. The molecule has 1 aromatic rings. The zero-order valence-electron chi connectivity index (χ0n) is 15.8. The lowest BCUT2D eigenvalue weighted by atomic mass is 9.84. The number of rotatable bonds is 8. The van der Waals surface area contributed by atoms with Crippen LogP contribution in [0, 0.1) is 10.1 Å². The van der Waals surface area contributed by atoms with Gasteiger partial charge in [0.1, 0.15) is 6.61 Å². The van der Waals surface area contributed by atoms with Crippen LogP contribution in [-0.4, -0.2) is 49.5 Å². The van der Waals surface area contributed by atoms with Gasteiger partial charge in [-0.1, -0.05) is 12.1 Å². The molecule has 0 saturated heterocycles. The van der Waals surface area contributed by atoms with Crippen LogP contribution in [-0.2, 0) is 23.8 Å². The van der Waals surface area contributed by atoms with Crippen molar-refractivity contribution in [1.82, 2.24) is 5.43 Å². The Labute approximate surface area is 161 Å². The molecule has 0 spiro atoms. The minimum atomic E-state index is -0.977. The van der Waals surface area contributed by atoms with Crippen LogP contribution < -0.4 is 5.43 Å². The topological polar surface area (TPSA) is 129 Å². The van der Waals surface area contributed by atoms with Crippen LogP contribution in [0.5, 0.6) is 0 Å². The van der Waals surface area contributed by atoms with Gasteiger partial charge in [0, 0.05) is 24.9 Å². The molecule has 1 unspecified atom stereocenters. The number of benzene rings is 1. The zero-order valence-corrected chi connectivity index (χ0v) is 15.8. The van der Waals surface area contributed by atoms with E-state index in [9.17, 15) is 19.7 Å². The van der Waals surface area contributed by atoms with Crippen molar-refractivity contribution in [1.29, 1.82) is 0 Å². The molecule has 2 rings (SSSR count). The first-order chi connectivity index (χ1) is 13.4. The number of carbonyl (C=O) groups excluding carboxylic acids is 2. The molecule has 1 atom stereocenters. The lowest BCUT2D eigenvalue weighted by Crippen LogP contribution is -2.36. The standard InChI is InChI=1S/C18H21N3O7/c1-4-27-17(22)14-11(2)19-20-16(18(23)28-9-8-26-3)15(14)12-6-5-7-13(10-12)21(24)25/h5-7,10,15,19H,4,8-9H2,1-3H3. The Hall–Kier alpha value is -3.27. The van der Waals surface area contributed by atoms with Gasteiger partial charge in [0.2, 0.25) is 0 Å². The van der Waals surface area contributed by atoms with E-state index in [1.165, 1.54) is 25.3 Å². The molecule has 1 heterocycles. The Kier molecular flexibility index (Phi) is 7.21. The van der Waals surface area contributed by atoms with Crippen LogP contribution in [0.4, 0.5) is 5.69 Å². The number of nitro groups is 1. The predicted octanol–water partition coefficient (Wildman–Crippen LogP) is 1.66. The van der Waals surface area contributed by atoms with Crippen LogP contribution in [0.25, 0.3) is 0 Å². The first kappa shape index (κ1) is 21.0. The van der Waals surface area contributed by atoms with Crippen LogP contribution in [0.2, 0.25) is 0 Å². The van der Waals surface area contributed by atoms with E-state index in [0.717, 1.165) is 0 Å². The van der Waals surface area contributed by atoms with Gasteiger partial charge < -0.3 is 14.2 Å². The Balaban J connectivity index is 2.50. The van der Waals surface area contributed by atoms with Crippen molar-refractivity contribution in [3.8, 4) is 0 Å². The van der Waals surface area contributed by atoms with Gasteiger partial charge in [0.05, 0.1) is 29.6 Å². The number of hydrogen-bond donors (Lipinski definition) is 1. The number of hydrogen-bond acceptors (Lipinski definition) is 9. The number of methoxy groups -OCH3 is 1. The second-order valence-corrected chi connectivity index (χ2v) is 5.78. The fraction of sp³-hybridized carbons (Fsp3) is 0.389. The van der Waals surface area contributed by atoms with Crippen LogP contribution in [0.15, 0.2) is 40.6 Å². The largest absolute Gasteiger partial charge is 0.463 e. The van der Waals surface area contributed by atoms with E-state index in [4.69, 9.17) is 14.2 Å². The highest BCUT2D eigenvalue weighted by Gasteiger charge is 2.38. The molecular formula is C18H21N3O7. The molecule has 0 fully saturated rings. The molecule has 0 amide bonds. The van der Waals surface area contributed by atoms with Gasteiger partial charge in [-0.2, -0.15) is 5.10 Å². The summed E-state index contributed by atoms with van der Waals surface area (Å²) in [6.07, 6.45) is 0. The monoisotopic (exact) mass is 391 g/mol. The van der Waals surface area contributed by atoms with E-state index in [0.29, 0.717) is 11.3 Å². The number of nitrogens with zero attached hydrogens (tertiary/aromatic N) is 2. The summed E-state index contributed by atoms with van der Waals surface area (Å²) >= 11 is 0. The normalized spacial score (nSPS) is 16.1. The van der Waals surface area contributed by atoms with Crippen molar-refractivity contribution < 1.29 is 28.7 Å². The molecular weight excluding hydrogens is 370 g/mol. The SMILES string of the molecule is CCOC(=O)C1=C(C)NN=C(C(=O)OCCOC)C1c1cccc([N+](=O)[O-])c1. The first-order valence-electron chi connectivity index (χ1n) is 8.52. The van der Waals surface area contributed by atoms with E-state index < -0.39 is 22.8 Å². The van der Waals surface area contributed by atoms with Crippen molar-refractivity contribution in [2.75, 3.05) is 26.9 Å². The van der Waals surface area contributed by atoms with E-state index in [2.05, 4.69) is 10.5 Å². The van der Waals surface area contributed by atoms with Crippen molar-refractivity contribution in [3.05, 3.63) is 51.2 Å². The Morgan fingerprint density at radius 3 is 2.64 bits per heavy atom. The minimum Gasteiger partial charge on any atom is -0.463 e. The minimum absolute atomic E-state index is 0.00650. The second kappa shape index (κ2) is 9.60. The molecule has 0 aliphatic carbocycles. The summed E-state index contributed by atoms with van der Waals surface area (Å²) in [6, 6.07) is 5.66. The Bertz CT molecular complexity index is 832. The smallest absolute Gasteiger partial charge is 0.355 e. The number of carbonyl (C=O) groups is 2. The molecule has 1 aliphatic rings. The average Bonchev–Trinajstić information content (AvgIpc) is 2.67. The molecule has 28 heavy (non-hydrogen) atoms. The van der Waals surface area contributed by atoms with Gasteiger partial charge in [0.15, 0.2) is 5.71 Å². The van der Waals surface area contributed by atoms with Gasteiger partial charge in [-0.25, -0.2) is 9.59 Å². The Morgan fingerprint density at radius 1 is 1.25 bits per heavy atom.